The van der Waals surface area contributed by atoms with Gasteiger partial charge in [0.25, 0.3) is 0 Å². The van der Waals surface area contributed by atoms with Gasteiger partial charge in [-0.2, -0.15) is 0 Å². The highest BCUT2D eigenvalue weighted by Crippen LogP contribution is 2.22. The molecule has 0 heterocycles. The van der Waals surface area contributed by atoms with E-state index in [4.69, 9.17) is 4.74 Å². The van der Waals surface area contributed by atoms with Crippen molar-refractivity contribution < 1.29 is 9.84 Å². The fourth-order valence-corrected chi connectivity index (χ4v) is 2.07. The normalized spacial score (nSPS) is 12.1. The Labute approximate surface area is 114 Å². The summed E-state index contributed by atoms with van der Waals surface area (Å²) in [5, 5.41) is 9.84. The molecule has 0 aromatic heterocycles. The minimum Gasteiger partial charge on any atom is -0.457 e. The highest BCUT2D eigenvalue weighted by molar-refractivity contribution is 5.34. The lowest BCUT2D eigenvalue weighted by Crippen LogP contribution is -2.09. The average molecular weight is 256 g/mol. The zero-order valence-electron chi connectivity index (χ0n) is 11.3. The SMILES string of the molecule is CCC[C@H](O)Cc1cccc(Oc2ccccc2)c1. The van der Waals surface area contributed by atoms with Crippen LogP contribution in [0.25, 0.3) is 0 Å². The molecule has 19 heavy (non-hydrogen) atoms. The molecule has 2 aromatic rings. The van der Waals surface area contributed by atoms with Crippen LogP contribution in [0.4, 0.5) is 0 Å². The van der Waals surface area contributed by atoms with Crippen LogP contribution in [0, 0.1) is 0 Å². The topological polar surface area (TPSA) is 29.5 Å². The van der Waals surface area contributed by atoms with Crippen molar-refractivity contribution >= 4 is 0 Å². The van der Waals surface area contributed by atoms with Crippen molar-refractivity contribution in [2.45, 2.75) is 32.3 Å². The minimum absolute atomic E-state index is 0.267. The van der Waals surface area contributed by atoms with Crippen molar-refractivity contribution in [3.8, 4) is 11.5 Å². The van der Waals surface area contributed by atoms with E-state index in [1.165, 1.54) is 0 Å². The number of aliphatic hydroxyl groups excluding tert-OH is 1. The zero-order chi connectivity index (χ0) is 13.5. The third-order valence-corrected chi connectivity index (χ3v) is 2.97. The first-order chi connectivity index (χ1) is 9.28. The summed E-state index contributed by atoms with van der Waals surface area (Å²) in [6.07, 6.45) is 2.25. The molecule has 1 N–H and O–H groups in total. The van der Waals surface area contributed by atoms with Gasteiger partial charge < -0.3 is 9.84 Å². The van der Waals surface area contributed by atoms with Crippen LogP contribution in [0.5, 0.6) is 11.5 Å². The van der Waals surface area contributed by atoms with Gasteiger partial charge >= 0.3 is 0 Å². The second-order valence-corrected chi connectivity index (χ2v) is 4.71. The Bertz CT molecular complexity index is 494. The fraction of sp³-hybridized carbons (Fsp3) is 0.294. The number of hydrogen-bond acceptors (Lipinski definition) is 2. The number of hydrogen-bond donors (Lipinski definition) is 1. The molecule has 100 valence electrons. The Morgan fingerprint density at radius 3 is 2.47 bits per heavy atom. The summed E-state index contributed by atoms with van der Waals surface area (Å²) in [7, 11) is 0. The maximum absolute atomic E-state index is 9.84. The molecule has 1 atom stereocenters. The van der Waals surface area contributed by atoms with E-state index in [0.29, 0.717) is 6.42 Å². The summed E-state index contributed by atoms with van der Waals surface area (Å²) in [5.41, 5.74) is 1.11. The number of para-hydroxylation sites is 1. The Kier molecular flexibility index (Phi) is 4.99. The lowest BCUT2D eigenvalue weighted by atomic mass is 10.0. The molecule has 0 fully saturated rings. The Hall–Kier alpha value is -1.80. The first kappa shape index (κ1) is 13.6. The number of ether oxygens (including phenoxy) is 1. The van der Waals surface area contributed by atoms with E-state index in [-0.39, 0.29) is 6.10 Å². The molecular weight excluding hydrogens is 236 g/mol. The molecule has 0 bridgehead atoms. The van der Waals surface area contributed by atoms with Crippen molar-refractivity contribution in [3.05, 3.63) is 60.2 Å². The van der Waals surface area contributed by atoms with Crippen molar-refractivity contribution in [2.75, 3.05) is 0 Å². The van der Waals surface area contributed by atoms with E-state index >= 15 is 0 Å². The predicted molar refractivity (Wildman–Crippen MR) is 77.6 cm³/mol. The summed E-state index contributed by atoms with van der Waals surface area (Å²) in [4.78, 5) is 0. The van der Waals surface area contributed by atoms with Crippen LogP contribution in [0.1, 0.15) is 25.3 Å². The van der Waals surface area contributed by atoms with E-state index in [1.54, 1.807) is 0 Å². The maximum Gasteiger partial charge on any atom is 0.127 e. The van der Waals surface area contributed by atoms with Crippen LogP contribution >= 0.6 is 0 Å². The van der Waals surface area contributed by atoms with E-state index in [0.717, 1.165) is 29.9 Å². The molecule has 2 rings (SSSR count). The molecule has 0 aliphatic rings. The van der Waals surface area contributed by atoms with Crippen LogP contribution in [0.3, 0.4) is 0 Å². The van der Waals surface area contributed by atoms with Crippen molar-refractivity contribution in [3.63, 3.8) is 0 Å². The molecule has 0 amide bonds. The Morgan fingerprint density at radius 1 is 1.00 bits per heavy atom. The minimum atomic E-state index is -0.267. The molecule has 0 aliphatic heterocycles. The monoisotopic (exact) mass is 256 g/mol. The van der Waals surface area contributed by atoms with Crippen molar-refractivity contribution in [2.24, 2.45) is 0 Å². The Morgan fingerprint density at radius 2 is 1.74 bits per heavy atom. The molecule has 0 spiro atoms. The first-order valence-electron chi connectivity index (χ1n) is 6.78. The molecule has 2 nitrogen and oxygen atoms in total. The third kappa shape index (κ3) is 4.42. The fourth-order valence-electron chi connectivity index (χ4n) is 2.07. The van der Waals surface area contributed by atoms with Crippen LogP contribution < -0.4 is 4.74 Å². The summed E-state index contributed by atoms with van der Waals surface area (Å²) >= 11 is 0. The maximum atomic E-state index is 9.84. The van der Waals surface area contributed by atoms with Gasteiger partial charge in [0, 0.05) is 0 Å². The van der Waals surface area contributed by atoms with Gasteiger partial charge in [0.2, 0.25) is 0 Å². The molecule has 0 radical (unpaired) electrons. The second kappa shape index (κ2) is 6.95. The van der Waals surface area contributed by atoms with Crippen molar-refractivity contribution in [1.82, 2.24) is 0 Å². The van der Waals surface area contributed by atoms with Gasteiger partial charge in [-0.25, -0.2) is 0 Å². The molecule has 0 unspecified atom stereocenters. The quantitative estimate of drug-likeness (QED) is 0.840. The summed E-state index contributed by atoms with van der Waals surface area (Å²) in [6, 6.07) is 17.6. The van der Waals surface area contributed by atoms with E-state index < -0.39 is 0 Å². The van der Waals surface area contributed by atoms with Gasteiger partial charge in [0.05, 0.1) is 6.10 Å². The number of rotatable bonds is 6. The first-order valence-corrected chi connectivity index (χ1v) is 6.78. The van der Waals surface area contributed by atoms with Crippen LogP contribution in [0.2, 0.25) is 0 Å². The van der Waals surface area contributed by atoms with Crippen LogP contribution in [-0.4, -0.2) is 11.2 Å². The molecule has 2 aromatic carbocycles. The van der Waals surface area contributed by atoms with Gasteiger partial charge in [0.1, 0.15) is 11.5 Å². The number of aliphatic hydroxyl groups is 1. The average Bonchev–Trinajstić information content (AvgIpc) is 2.40. The van der Waals surface area contributed by atoms with Crippen LogP contribution in [0.15, 0.2) is 54.6 Å². The van der Waals surface area contributed by atoms with Gasteiger partial charge in [-0.3, -0.25) is 0 Å². The second-order valence-electron chi connectivity index (χ2n) is 4.71. The van der Waals surface area contributed by atoms with Crippen LogP contribution in [-0.2, 0) is 6.42 Å². The standard InChI is InChI=1S/C17H20O2/c1-2-7-15(18)12-14-8-6-11-17(13-14)19-16-9-4-3-5-10-16/h3-6,8-11,13,15,18H,2,7,12H2,1H3/t15-/m0/s1. The number of benzene rings is 2. The predicted octanol–water partition coefficient (Wildman–Crippen LogP) is 4.18. The molecule has 2 heteroatoms. The lowest BCUT2D eigenvalue weighted by Gasteiger charge is -2.11. The molecule has 0 saturated carbocycles. The smallest absolute Gasteiger partial charge is 0.127 e. The molecule has 0 aliphatic carbocycles. The van der Waals surface area contributed by atoms with E-state index in [2.05, 4.69) is 6.92 Å². The zero-order valence-corrected chi connectivity index (χ0v) is 11.3. The van der Waals surface area contributed by atoms with Gasteiger partial charge in [-0.1, -0.05) is 43.7 Å². The Balaban J connectivity index is 2.03. The van der Waals surface area contributed by atoms with E-state index in [9.17, 15) is 5.11 Å². The largest absolute Gasteiger partial charge is 0.457 e. The summed E-state index contributed by atoms with van der Waals surface area (Å²) in [5.74, 6) is 1.64. The summed E-state index contributed by atoms with van der Waals surface area (Å²) in [6.45, 7) is 2.08. The third-order valence-electron chi connectivity index (χ3n) is 2.97. The van der Waals surface area contributed by atoms with Gasteiger partial charge in [-0.05, 0) is 42.7 Å². The summed E-state index contributed by atoms with van der Waals surface area (Å²) < 4.78 is 5.78. The van der Waals surface area contributed by atoms with Gasteiger partial charge in [0.15, 0.2) is 0 Å². The highest BCUT2D eigenvalue weighted by atomic mass is 16.5. The van der Waals surface area contributed by atoms with Gasteiger partial charge in [-0.15, -0.1) is 0 Å². The molecule has 0 saturated heterocycles. The van der Waals surface area contributed by atoms with Crippen molar-refractivity contribution in [1.29, 1.82) is 0 Å². The van der Waals surface area contributed by atoms with E-state index in [1.807, 2.05) is 54.6 Å². The highest BCUT2D eigenvalue weighted by Gasteiger charge is 2.05. The lowest BCUT2D eigenvalue weighted by molar-refractivity contribution is 0.164. The molecular formula is C17H20O2.